The maximum Gasteiger partial charge on any atom is 0.290 e. The fraction of sp³-hybridized carbons (Fsp3) is 0.273. The maximum atomic E-state index is 10.7. The number of aromatic nitrogens is 3. The molecule has 0 aliphatic heterocycles. The highest BCUT2D eigenvalue weighted by Gasteiger charge is 2.13. The van der Waals surface area contributed by atoms with Crippen LogP contribution in [0.3, 0.4) is 0 Å². The van der Waals surface area contributed by atoms with Gasteiger partial charge in [0.25, 0.3) is 5.69 Å². The Hall–Kier alpha value is -2.44. The van der Waals surface area contributed by atoms with Crippen molar-refractivity contribution in [3.63, 3.8) is 0 Å². The molecule has 0 saturated heterocycles. The normalized spacial score (nSPS) is 12.1. The van der Waals surface area contributed by atoms with E-state index in [1.54, 1.807) is 25.4 Å². The Labute approximate surface area is 103 Å². The van der Waals surface area contributed by atoms with Crippen molar-refractivity contribution < 1.29 is 4.92 Å². The van der Waals surface area contributed by atoms with E-state index in [4.69, 9.17) is 0 Å². The van der Waals surface area contributed by atoms with Gasteiger partial charge in [0.1, 0.15) is 12.0 Å². The molecule has 7 nitrogen and oxygen atoms in total. The van der Waals surface area contributed by atoms with E-state index in [1.807, 2.05) is 6.92 Å². The molecule has 1 unspecified atom stereocenters. The molecule has 0 amide bonds. The standard InChI is InChI=1S/C11H13N5O2/c1-7-3-11(12-6-10(7)16(17)18)15-8(2)9-4-13-14-5-9/h3-6,8H,1-2H3,(H,12,15)(H,13,14). The van der Waals surface area contributed by atoms with Gasteiger partial charge >= 0.3 is 0 Å². The zero-order valence-electron chi connectivity index (χ0n) is 10.0. The highest BCUT2D eigenvalue weighted by Crippen LogP contribution is 2.22. The molecule has 0 radical (unpaired) electrons. The molecule has 1 atom stereocenters. The molecule has 0 aromatic carbocycles. The third-order valence-electron chi connectivity index (χ3n) is 2.66. The molecule has 0 spiro atoms. The average Bonchev–Trinajstić information content (AvgIpc) is 2.81. The number of nitrogens with one attached hydrogen (secondary N) is 2. The predicted octanol–water partition coefficient (Wildman–Crippen LogP) is 2.19. The van der Waals surface area contributed by atoms with E-state index in [1.165, 1.54) is 6.20 Å². The van der Waals surface area contributed by atoms with E-state index < -0.39 is 4.92 Å². The lowest BCUT2D eigenvalue weighted by molar-refractivity contribution is -0.385. The topological polar surface area (TPSA) is 96.7 Å². The van der Waals surface area contributed by atoms with E-state index in [9.17, 15) is 10.1 Å². The van der Waals surface area contributed by atoms with Gasteiger partial charge in [-0.15, -0.1) is 0 Å². The van der Waals surface area contributed by atoms with Crippen LogP contribution in [-0.4, -0.2) is 20.1 Å². The SMILES string of the molecule is Cc1cc(NC(C)c2cn[nH]c2)ncc1[N+](=O)[O-]. The Bertz CT molecular complexity index is 553. The van der Waals surface area contributed by atoms with E-state index in [-0.39, 0.29) is 11.7 Å². The number of aryl methyl sites for hydroxylation is 1. The van der Waals surface area contributed by atoms with Crippen molar-refractivity contribution in [2.75, 3.05) is 5.32 Å². The van der Waals surface area contributed by atoms with Gasteiger partial charge in [0.2, 0.25) is 0 Å². The third kappa shape index (κ3) is 2.45. The first kappa shape index (κ1) is 12.0. The molecular weight excluding hydrogens is 234 g/mol. The Balaban J connectivity index is 2.15. The molecule has 7 heteroatoms. The summed E-state index contributed by atoms with van der Waals surface area (Å²) < 4.78 is 0. The van der Waals surface area contributed by atoms with Crippen LogP contribution in [0, 0.1) is 17.0 Å². The highest BCUT2D eigenvalue weighted by atomic mass is 16.6. The second-order valence-electron chi connectivity index (χ2n) is 4.01. The molecular formula is C11H13N5O2. The molecule has 0 saturated carbocycles. The number of pyridine rings is 1. The molecule has 2 aromatic rings. The lowest BCUT2D eigenvalue weighted by Crippen LogP contribution is -2.07. The molecule has 0 aliphatic rings. The molecule has 18 heavy (non-hydrogen) atoms. The number of hydrogen-bond acceptors (Lipinski definition) is 5. The van der Waals surface area contributed by atoms with Crippen LogP contribution in [0.2, 0.25) is 0 Å². The van der Waals surface area contributed by atoms with Gasteiger partial charge in [0.15, 0.2) is 0 Å². The number of rotatable bonds is 4. The molecule has 94 valence electrons. The van der Waals surface area contributed by atoms with E-state index in [0.29, 0.717) is 11.4 Å². The van der Waals surface area contributed by atoms with Gasteiger partial charge in [-0.05, 0) is 19.9 Å². The van der Waals surface area contributed by atoms with Crippen LogP contribution in [-0.2, 0) is 0 Å². The van der Waals surface area contributed by atoms with Crippen LogP contribution in [0.25, 0.3) is 0 Å². The summed E-state index contributed by atoms with van der Waals surface area (Å²) in [6.45, 7) is 3.65. The number of anilines is 1. The van der Waals surface area contributed by atoms with Crippen LogP contribution in [0.4, 0.5) is 11.5 Å². The van der Waals surface area contributed by atoms with Crippen LogP contribution in [0.5, 0.6) is 0 Å². The highest BCUT2D eigenvalue weighted by molar-refractivity contribution is 5.47. The molecule has 2 heterocycles. The van der Waals surface area contributed by atoms with Gasteiger partial charge < -0.3 is 5.32 Å². The quantitative estimate of drug-likeness (QED) is 0.637. The van der Waals surface area contributed by atoms with E-state index >= 15 is 0 Å². The van der Waals surface area contributed by atoms with Crippen molar-refractivity contribution in [1.82, 2.24) is 15.2 Å². The number of nitro groups is 1. The largest absolute Gasteiger partial charge is 0.363 e. The summed E-state index contributed by atoms with van der Waals surface area (Å²) in [6, 6.07) is 1.69. The molecule has 0 fully saturated rings. The summed E-state index contributed by atoms with van der Waals surface area (Å²) in [4.78, 5) is 14.3. The smallest absolute Gasteiger partial charge is 0.290 e. The summed E-state index contributed by atoms with van der Waals surface area (Å²) in [7, 11) is 0. The Morgan fingerprint density at radius 2 is 2.28 bits per heavy atom. The molecule has 2 N–H and O–H groups in total. The van der Waals surface area contributed by atoms with Crippen molar-refractivity contribution in [1.29, 1.82) is 0 Å². The Morgan fingerprint density at radius 1 is 1.50 bits per heavy atom. The fourth-order valence-corrected chi connectivity index (χ4v) is 1.62. The molecule has 2 aromatic heterocycles. The molecule has 0 bridgehead atoms. The second kappa shape index (κ2) is 4.82. The first-order valence-electron chi connectivity index (χ1n) is 5.44. The van der Waals surface area contributed by atoms with Crippen LogP contribution >= 0.6 is 0 Å². The minimum atomic E-state index is -0.439. The van der Waals surface area contributed by atoms with E-state index in [2.05, 4.69) is 20.5 Å². The van der Waals surface area contributed by atoms with Gasteiger partial charge in [-0.1, -0.05) is 0 Å². The zero-order valence-corrected chi connectivity index (χ0v) is 10.0. The number of nitrogens with zero attached hydrogens (tertiary/aromatic N) is 3. The average molecular weight is 247 g/mol. The number of H-pyrrole nitrogens is 1. The van der Waals surface area contributed by atoms with Crippen molar-refractivity contribution in [2.24, 2.45) is 0 Å². The van der Waals surface area contributed by atoms with Crippen LogP contribution < -0.4 is 5.32 Å². The number of aromatic amines is 1. The first-order valence-corrected chi connectivity index (χ1v) is 5.44. The minimum absolute atomic E-state index is 0.0246. The van der Waals surface area contributed by atoms with Crippen LogP contribution in [0.1, 0.15) is 24.1 Å². The fourth-order valence-electron chi connectivity index (χ4n) is 1.62. The second-order valence-corrected chi connectivity index (χ2v) is 4.01. The number of hydrogen-bond donors (Lipinski definition) is 2. The van der Waals surface area contributed by atoms with Crippen molar-refractivity contribution >= 4 is 11.5 Å². The Kier molecular flexibility index (Phi) is 3.22. The van der Waals surface area contributed by atoms with Gasteiger partial charge in [-0.2, -0.15) is 5.10 Å². The lowest BCUT2D eigenvalue weighted by Gasteiger charge is -2.12. The first-order chi connectivity index (χ1) is 8.58. The van der Waals surface area contributed by atoms with Crippen molar-refractivity contribution in [2.45, 2.75) is 19.9 Å². The summed E-state index contributed by atoms with van der Waals surface area (Å²) in [5, 5.41) is 20.4. The maximum absolute atomic E-state index is 10.7. The van der Waals surface area contributed by atoms with Crippen molar-refractivity contribution in [3.8, 4) is 0 Å². The van der Waals surface area contributed by atoms with Crippen molar-refractivity contribution in [3.05, 3.63) is 45.9 Å². The summed E-state index contributed by atoms with van der Waals surface area (Å²) in [5.41, 5.74) is 1.60. The summed E-state index contributed by atoms with van der Waals surface area (Å²) in [5.74, 6) is 0.604. The minimum Gasteiger partial charge on any atom is -0.363 e. The van der Waals surface area contributed by atoms with Gasteiger partial charge in [-0.25, -0.2) is 4.98 Å². The van der Waals surface area contributed by atoms with Gasteiger partial charge in [0, 0.05) is 17.3 Å². The summed E-state index contributed by atoms with van der Waals surface area (Å²) in [6.07, 6.45) is 4.77. The Morgan fingerprint density at radius 3 is 2.83 bits per heavy atom. The van der Waals surface area contributed by atoms with Crippen LogP contribution in [0.15, 0.2) is 24.7 Å². The van der Waals surface area contributed by atoms with E-state index in [0.717, 1.165) is 5.56 Å². The monoisotopic (exact) mass is 247 g/mol. The zero-order chi connectivity index (χ0) is 13.1. The van der Waals surface area contributed by atoms with Gasteiger partial charge in [0.05, 0.1) is 17.2 Å². The molecule has 2 rings (SSSR count). The lowest BCUT2D eigenvalue weighted by atomic mass is 10.2. The van der Waals surface area contributed by atoms with Gasteiger partial charge in [-0.3, -0.25) is 15.2 Å². The molecule has 0 aliphatic carbocycles. The summed E-state index contributed by atoms with van der Waals surface area (Å²) >= 11 is 0. The third-order valence-corrected chi connectivity index (χ3v) is 2.66. The predicted molar refractivity (Wildman–Crippen MR) is 66.3 cm³/mol.